The predicted molar refractivity (Wildman–Crippen MR) is 88.1 cm³/mol. The first-order chi connectivity index (χ1) is 9.99. The Morgan fingerprint density at radius 2 is 1.67 bits per heavy atom. The van der Waals surface area contributed by atoms with Crippen molar-refractivity contribution < 1.29 is 4.39 Å². The van der Waals surface area contributed by atoms with Crippen molar-refractivity contribution in [2.45, 2.75) is 18.9 Å². The lowest BCUT2D eigenvalue weighted by atomic mass is 9.99. The van der Waals surface area contributed by atoms with Gasteiger partial charge in [0.2, 0.25) is 0 Å². The fourth-order valence-electron chi connectivity index (χ4n) is 2.19. The quantitative estimate of drug-likeness (QED) is 0.788. The molecular weight excluding hydrogens is 332 g/mol. The van der Waals surface area contributed by atoms with Gasteiger partial charge in [-0.1, -0.05) is 40.9 Å². The van der Waals surface area contributed by atoms with Gasteiger partial charge in [-0.25, -0.2) is 4.39 Å². The highest BCUT2D eigenvalue weighted by Gasteiger charge is 2.13. The fraction of sp³-hybridized carbons (Fsp3) is 0.250. The van der Waals surface area contributed by atoms with E-state index in [1.165, 1.54) is 12.1 Å². The molecule has 1 atom stereocenters. The van der Waals surface area contributed by atoms with Crippen LogP contribution in [0.5, 0.6) is 0 Å². The lowest BCUT2D eigenvalue weighted by molar-refractivity contribution is 0.553. The summed E-state index contributed by atoms with van der Waals surface area (Å²) in [5.41, 5.74) is 1.77. The van der Waals surface area contributed by atoms with Crippen LogP contribution in [-0.4, -0.2) is 13.1 Å². The third-order valence-corrected chi connectivity index (χ3v) is 4.32. The molecule has 1 nitrogen and oxygen atoms in total. The molecule has 0 spiro atoms. The molecule has 112 valence electrons. The summed E-state index contributed by atoms with van der Waals surface area (Å²) >= 11 is 18.2. The highest BCUT2D eigenvalue weighted by atomic mass is 35.5. The minimum atomic E-state index is -0.284. The molecule has 1 N–H and O–H groups in total. The van der Waals surface area contributed by atoms with E-state index in [2.05, 4.69) is 5.32 Å². The van der Waals surface area contributed by atoms with Crippen molar-refractivity contribution >= 4 is 34.8 Å². The maximum atomic E-state index is 13.3. The monoisotopic (exact) mass is 345 g/mol. The normalized spacial score (nSPS) is 12.4. The Morgan fingerprint density at radius 3 is 2.33 bits per heavy atom. The largest absolute Gasteiger partial charge is 0.316 e. The van der Waals surface area contributed by atoms with E-state index in [9.17, 15) is 4.39 Å². The van der Waals surface area contributed by atoms with Gasteiger partial charge in [-0.15, -0.1) is 0 Å². The third kappa shape index (κ3) is 4.58. The molecule has 0 fully saturated rings. The van der Waals surface area contributed by atoms with Gasteiger partial charge < -0.3 is 5.32 Å². The second-order valence-electron chi connectivity index (χ2n) is 4.87. The predicted octanol–water partition coefficient (Wildman–Crippen LogP) is 5.16. The fourth-order valence-corrected chi connectivity index (χ4v) is 2.87. The summed E-state index contributed by atoms with van der Waals surface area (Å²) in [7, 11) is 1.86. The number of likely N-dealkylation sites (N-methyl/N-ethyl adjacent to an activating group) is 1. The van der Waals surface area contributed by atoms with Crippen molar-refractivity contribution in [3.8, 4) is 0 Å². The first kappa shape index (κ1) is 16.6. The Labute approximate surface area is 139 Å². The van der Waals surface area contributed by atoms with Gasteiger partial charge in [-0.2, -0.15) is 0 Å². The summed E-state index contributed by atoms with van der Waals surface area (Å²) < 4.78 is 13.3. The average Bonchev–Trinajstić information content (AvgIpc) is 2.44. The number of benzene rings is 2. The van der Waals surface area contributed by atoms with Crippen LogP contribution in [0.4, 0.5) is 4.39 Å². The van der Waals surface area contributed by atoms with Crippen molar-refractivity contribution in [1.82, 2.24) is 5.32 Å². The number of hydrogen-bond acceptors (Lipinski definition) is 1. The van der Waals surface area contributed by atoms with Crippen LogP contribution in [-0.2, 0) is 12.8 Å². The van der Waals surface area contributed by atoms with Gasteiger partial charge in [-0.3, -0.25) is 0 Å². The average molecular weight is 347 g/mol. The van der Waals surface area contributed by atoms with Gasteiger partial charge in [0.15, 0.2) is 0 Å². The summed E-state index contributed by atoms with van der Waals surface area (Å²) in [5.74, 6) is -0.284. The molecule has 5 heteroatoms. The second-order valence-corrected chi connectivity index (χ2v) is 6.12. The first-order valence-corrected chi connectivity index (χ1v) is 7.68. The number of halogens is 4. The molecule has 0 saturated heterocycles. The third-order valence-electron chi connectivity index (χ3n) is 3.36. The molecule has 0 aromatic heterocycles. The van der Waals surface area contributed by atoms with E-state index in [-0.39, 0.29) is 11.9 Å². The summed E-state index contributed by atoms with van der Waals surface area (Å²) in [6.45, 7) is 0. The molecule has 2 aromatic carbocycles. The molecule has 0 aliphatic heterocycles. The molecule has 2 rings (SSSR count). The maximum Gasteiger partial charge on any atom is 0.123 e. The minimum absolute atomic E-state index is 0.1000. The molecule has 0 aliphatic rings. The summed E-state index contributed by atoms with van der Waals surface area (Å²) in [5, 5.41) is 5.02. The van der Waals surface area contributed by atoms with Crippen LogP contribution in [0.3, 0.4) is 0 Å². The molecular formula is C16H15Cl3FN. The van der Waals surface area contributed by atoms with E-state index < -0.39 is 0 Å². The number of hydrogen-bond donors (Lipinski definition) is 1. The van der Waals surface area contributed by atoms with Crippen molar-refractivity contribution in [2.75, 3.05) is 7.05 Å². The van der Waals surface area contributed by atoms with Gasteiger partial charge in [0.05, 0.1) is 0 Å². The van der Waals surface area contributed by atoms with Crippen LogP contribution in [0.2, 0.25) is 15.1 Å². The molecule has 2 aromatic rings. The maximum absolute atomic E-state index is 13.3. The zero-order valence-corrected chi connectivity index (χ0v) is 13.7. The molecule has 21 heavy (non-hydrogen) atoms. The van der Waals surface area contributed by atoms with Gasteiger partial charge in [0.1, 0.15) is 5.82 Å². The molecule has 0 amide bonds. The van der Waals surface area contributed by atoms with Crippen LogP contribution in [0.1, 0.15) is 11.1 Å². The SMILES string of the molecule is CNC(Cc1ccc(Cl)cc1Cl)Cc1cc(F)ccc1Cl. The van der Waals surface area contributed by atoms with E-state index in [0.717, 1.165) is 11.1 Å². The standard InChI is InChI=1S/C16H15Cl3FN/c1-21-14(7-10-2-3-12(17)9-16(10)19)8-11-6-13(20)4-5-15(11)18/h2-6,9,14,21H,7-8H2,1H3. The van der Waals surface area contributed by atoms with Gasteiger partial charge in [0, 0.05) is 21.1 Å². The zero-order valence-electron chi connectivity index (χ0n) is 11.5. The summed E-state index contributed by atoms with van der Waals surface area (Å²) in [4.78, 5) is 0. The Hall–Kier alpha value is -0.800. The van der Waals surface area contributed by atoms with Crippen molar-refractivity contribution in [2.24, 2.45) is 0 Å². The Bertz CT molecular complexity index is 631. The molecule has 0 aliphatic carbocycles. The Morgan fingerprint density at radius 1 is 0.952 bits per heavy atom. The van der Waals surface area contributed by atoms with E-state index in [1.54, 1.807) is 12.1 Å². The highest BCUT2D eigenvalue weighted by Crippen LogP contribution is 2.24. The number of nitrogens with one attached hydrogen (secondary N) is 1. The molecule has 0 saturated carbocycles. The van der Waals surface area contributed by atoms with Crippen molar-refractivity contribution in [3.05, 3.63) is 68.4 Å². The lowest BCUT2D eigenvalue weighted by Gasteiger charge is -2.18. The highest BCUT2D eigenvalue weighted by molar-refractivity contribution is 6.35. The van der Waals surface area contributed by atoms with Crippen LogP contribution < -0.4 is 5.32 Å². The number of rotatable bonds is 5. The first-order valence-electron chi connectivity index (χ1n) is 6.54. The summed E-state index contributed by atoms with van der Waals surface area (Å²) in [6, 6.07) is 9.94. The zero-order chi connectivity index (χ0) is 15.4. The van der Waals surface area contributed by atoms with E-state index in [1.807, 2.05) is 19.2 Å². The van der Waals surface area contributed by atoms with Gasteiger partial charge in [0.25, 0.3) is 0 Å². The molecule has 0 bridgehead atoms. The van der Waals surface area contributed by atoms with Crippen LogP contribution in [0.25, 0.3) is 0 Å². The van der Waals surface area contributed by atoms with Gasteiger partial charge >= 0.3 is 0 Å². The van der Waals surface area contributed by atoms with Crippen molar-refractivity contribution in [3.63, 3.8) is 0 Å². The minimum Gasteiger partial charge on any atom is -0.316 e. The van der Waals surface area contributed by atoms with E-state index in [4.69, 9.17) is 34.8 Å². The van der Waals surface area contributed by atoms with Crippen molar-refractivity contribution in [1.29, 1.82) is 0 Å². The molecule has 0 heterocycles. The second kappa shape index (κ2) is 7.46. The Kier molecular flexibility index (Phi) is 5.88. The molecule has 0 radical (unpaired) electrons. The van der Waals surface area contributed by atoms with E-state index in [0.29, 0.717) is 27.9 Å². The topological polar surface area (TPSA) is 12.0 Å². The van der Waals surface area contributed by atoms with Crippen LogP contribution >= 0.6 is 34.8 Å². The van der Waals surface area contributed by atoms with Crippen LogP contribution in [0, 0.1) is 5.82 Å². The smallest absolute Gasteiger partial charge is 0.123 e. The Balaban J connectivity index is 2.14. The van der Waals surface area contributed by atoms with Gasteiger partial charge in [-0.05, 0) is 61.3 Å². The van der Waals surface area contributed by atoms with E-state index >= 15 is 0 Å². The van der Waals surface area contributed by atoms with Crippen LogP contribution in [0.15, 0.2) is 36.4 Å². The lowest BCUT2D eigenvalue weighted by Crippen LogP contribution is -2.30. The molecule has 1 unspecified atom stereocenters. The summed E-state index contributed by atoms with van der Waals surface area (Å²) in [6.07, 6.45) is 1.32.